The smallest absolute Gasteiger partial charge is 0.0774 e. The lowest BCUT2D eigenvalue weighted by Crippen LogP contribution is -2.40. The molecule has 2 rings (SSSR count). The van der Waals surface area contributed by atoms with Crippen molar-refractivity contribution in [3.8, 4) is 0 Å². The van der Waals surface area contributed by atoms with Crippen molar-refractivity contribution in [1.29, 1.82) is 0 Å². The zero-order valence-electron chi connectivity index (χ0n) is 10.2. The average Bonchev–Trinajstić information content (AvgIpc) is 2.79. The summed E-state index contributed by atoms with van der Waals surface area (Å²) in [5, 5.41) is 0. The van der Waals surface area contributed by atoms with Gasteiger partial charge in [-0.15, -0.1) is 0 Å². The van der Waals surface area contributed by atoms with E-state index < -0.39 is 0 Å². The quantitative estimate of drug-likeness (QED) is 0.578. The van der Waals surface area contributed by atoms with Gasteiger partial charge in [0, 0.05) is 17.0 Å². The minimum Gasteiger partial charge on any atom is -0.381 e. The average molecular weight is 338 g/mol. The molecule has 0 N–H and O–H groups in total. The molecule has 2 nitrogen and oxygen atoms in total. The molecule has 0 aromatic carbocycles. The molecule has 1 saturated carbocycles. The number of hydrogen-bond donors (Lipinski definition) is 0. The van der Waals surface area contributed by atoms with Crippen molar-refractivity contribution in [2.75, 3.05) is 24.2 Å². The number of ether oxygens (including phenoxy) is 2. The molecular formula is C13H23IO2. The Balaban J connectivity index is 1.83. The van der Waals surface area contributed by atoms with Gasteiger partial charge in [-0.1, -0.05) is 42.4 Å². The van der Waals surface area contributed by atoms with E-state index in [2.05, 4.69) is 29.5 Å². The van der Waals surface area contributed by atoms with E-state index in [0.717, 1.165) is 30.2 Å². The molecule has 94 valence electrons. The van der Waals surface area contributed by atoms with Crippen LogP contribution in [0.2, 0.25) is 0 Å². The van der Waals surface area contributed by atoms with Crippen LogP contribution in [0.25, 0.3) is 0 Å². The summed E-state index contributed by atoms with van der Waals surface area (Å²) < 4.78 is 12.8. The van der Waals surface area contributed by atoms with Crippen LogP contribution < -0.4 is 0 Å². The third-order valence-electron chi connectivity index (χ3n) is 3.94. The molecule has 1 aliphatic heterocycles. The van der Waals surface area contributed by atoms with Crippen LogP contribution >= 0.6 is 22.6 Å². The lowest BCUT2D eigenvalue weighted by Gasteiger charge is -2.39. The normalized spacial score (nSPS) is 40.1. The number of alkyl halides is 1. The molecule has 3 heteroatoms. The first-order chi connectivity index (χ1) is 7.74. The Bertz CT molecular complexity index is 216. The minimum atomic E-state index is 0.181. The van der Waals surface area contributed by atoms with Crippen molar-refractivity contribution < 1.29 is 9.47 Å². The van der Waals surface area contributed by atoms with Gasteiger partial charge >= 0.3 is 0 Å². The minimum absolute atomic E-state index is 0.181. The summed E-state index contributed by atoms with van der Waals surface area (Å²) in [7, 11) is 0. The first kappa shape index (κ1) is 13.1. The number of rotatable bonds is 4. The summed E-state index contributed by atoms with van der Waals surface area (Å²) in [6, 6.07) is 0. The molecular weight excluding hydrogens is 315 g/mol. The van der Waals surface area contributed by atoms with Crippen LogP contribution in [0.15, 0.2) is 0 Å². The van der Waals surface area contributed by atoms with Crippen molar-refractivity contribution in [3.05, 3.63) is 0 Å². The van der Waals surface area contributed by atoms with Gasteiger partial charge in [-0.2, -0.15) is 0 Å². The Hall–Kier alpha value is 0.650. The highest BCUT2D eigenvalue weighted by atomic mass is 127. The summed E-state index contributed by atoms with van der Waals surface area (Å²) in [6.07, 6.45) is 6.42. The molecule has 1 aliphatic carbocycles. The summed E-state index contributed by atoms with van der Waals surface area (Å²) >= 11 is 2.50. The Kier molecular flexibility index (Phi) is 4.91. The van der Waals surface area contributed by atoms with Gasteiger partial charge in [0.15, 0.2) is 0 Å². The molecule has 0 amide bonds. The third kappa shape index (κ3) is 3.33. The van der Waals surface area contributed by atoms with Crippen LogP contribution in [-0.2, 0) is 9.47 Å². The van der Waals surface area contributed by atoms with Gasteiger partial charge in [0.2, 0.25) is 0 Å². The standard InChI is InChI=1S/C13H23IO2/c1-11-3-2-5-13(7-11,10-14)16-9-12-4-6-15-8-12/h11-12H,2-10H2,1H3. The van der Waals surface area contributed by atoms with Gasteiger partial charge in [-0.3, -0.25) is 0 Å². The number of halogens is 1. The van der Waals surface area contributed by atoms with Crippen LogP contribution in [-0.4, -0.2) is 29.8 Å². The Morgan fingerprint density at radius 1 is 1.44 bits per heavy atom. The highest BCUT2D eigenvalue weighted by Crippen LogP contribution is 2.37. The summed E-state index contributed by atoms with van der Waals surface area (Å²) in [6.45, 7) is 5.12. The molecule has 1 saturated heterocycles. The van der Waals surface area contributed by atoms with Gasteiger partial charge in [0.25, 0.3) is 0 Å². The van der Waals surface area contributed by atoms with Gasteiger partial charge in [-0.25, -0.2) is 0 Å². The molecule has 3 atom stereocenters. The second kappa shape index (κ2) is 6.01. The fraction of sp³-hybridized carbons (Fsp3) is 1.00. The van der Waals surface area contributed by atoms with Crippen molar-refractivity contribution in [1.82, 2.24) is 0 Å². The Morgan fingerprint density at radius 3 is 2.94 bits per heavy atom. The lowest BCUT2D eigenvalue weighted by atomic mass is 9.80. The van der Waals surface area contributed by atoms with Gasteiger partial charge in [0.05, 0.1) is 18.8 Å². The van der Waals surface area contributed by atoms with Crippen LogP contribution in [0.3, 0.4) is 0 Å². The van der Waals surface area contributed by atoms with Crippen LogP contribution in [0.4, 0.5) is 0 Å². The lowest BCUT2D eigenvalue weighted by molar-refractivity contribution is -0.0752. The number of hydrogen-bond acceptors (Lipinski definition) is 2. The van der Waals surface area contributed by atoms with E-state index in [9.17, 15) is 0 Å². The Labute approximate surface area is 113 Å². The molecule has 0 bridgehead atoms. The maximum absolute atomic E-state index is 6.29. The molecule has 3 unspecified atom stereocenters. The van der Waals surface area contributed by atoms with Crippen LogP contribution in [0.5, 0.6) is 0 Å². The van der Waals surface area contributed by atoms with E-state index in [0.29, 0.717) is 5.92 Å². The van der Waals surface area contributed by atoms with Crippen molar-refractivity contribution in [2.45, 2.75) is 44.6 Å². The second-order valence-corrected chi connectivity index (χ2v) is 6.32. The monoisotopic (exact) mass is 338 g/mol. The predicted molar refractivity (Wildman–Crippen MR) is 74.1 cm³/mol. The van der Waals surface area contributed by atoms with E-state index in [-0.39, 0.29) is 5.60 Å². The van der Waals surface area contributed by atoms with E-state index >= 15 is 0 Å². The zero-order chi connectivity index (χ0) is 11.4. The summed E-state index contributed by atoms with van der Waals surface area (Å²) in [5.74, 6) is 1.49. The topological polar surface area (TPSA) is 18.5 Å². The van der Waals surface area contributed by atoms with E-state index in [1.807, 2.05) is 0 Å². The van der Waals surface area contributed by atoms with Gasteiger partial charge in [0.1, 0.15) is 0 Å². The second-order valence-electron chi connectivity index (χ2n) is 5.56. The third-order valence-corrected chi connectivity index (χ3v) is 5.33. The molecule has 2 fully saturated rings. The Morgan fingerprint density at radius 2 is 2.31 bits per heavy atom. The highest BCUT2D eigenvalue weighted by molar-refractivity contribution is 14.1. The molecule has 0 aromatic rings. The van der Waals surface area contributed by atoms with Crippen molar-refractivity contribution in [2.24, 2.45) is 11.8 Å². The van der Waals surface area contributed by atoms with Crippen molar-refractivity contribution >= 4 is 22.6 Å². The zero-order valence-corrected chi connectivity index (χ0v) is 12.4. The maximum atomic E-state index is 6.29. The molecule has 0 spiro atoms. The van der Waals surface area contributed by atoms with E-state index in [1.54, 1.807) is 0 Å². The van der Waals surface area contributed by atoms with Crippen LogP contribution in [0.1, 0.15) is 39.0 Å². The van der Waals surface area contributed by atoms with Gasteiger partial charge < -0.3 is 9.47 Å². The fourth-order valence-corrected chi connectivity index (χ4v) is 3.83. The molecule has 0 aromatic heterocycles. The van der Waals surface area contributed by atoms with E-state index in [1.165, 1.54) is 32.1 Å². The first-order valence-corrected chi connectivity index (χ1v) is 8.04. The van der Waals surface area contributed by atoms with E-state index in [4.69, 9.17) is 9.47 Å². The molecule has 2 aliphatic rings. The summed E-state index contributed by atoms with van der Waals surface area (Å²) in [4.78, 5) is 0. The maximum Gasteiger partial charge on any atom is 0.0774 e. The highest BCUT2D eigenvalue weighted by Gasteiger charge is 2.35. The molecule has 0 radical (unpaired) electrons. The fourth-order valence-electron chi connectivity index (χ4n) is 2.91. The molecule has 1 heterocycles. The molecule has 16 heavy (non-hydrogen) atoms. The largest absolute Gasteiger partial charge is 0.381 e. The SMILES string of the molecule is CC1CCCC(CI)(OCC2CCOC2)C1. The predicted octanol–water partition coefficient (Wildman–Crippen LogP) is 3.42. The summed E-state index contributed by atoms with van der Waals surface area (Å²) in [5.41, 5.74) is 0.181. The van der Waals surface area contributed by atoms with Crippen LogP contribution in [0, 0.1) is 11.8 Å². The first-order valence-electron chi connectivity index (χ1n) is 6.52. The van der Waals surface area contributed by atoms with Crippen molar-refractivity contribution in [3.63, 3.8) is 0 Å². The van der Waals surface area contributed by atoms with Gasteiger partial charge in [-0.05, 0) is 25.2 Å².